The molecule has 0 amide bonds. The van der Waals surface area contributed by atoms with Gasteiger partial charge in [-0.25, -0.2) is 0 Å². The molecule has 0 bridgehead atoms. The van der Waals surface area contributed by atoms with Gasteiger partial charge >= 0.3 is 21.7 Å². The molecule has 0 aliphatic rings. The first-order valence-electron chi connectivity index (χ1n) is 1.73. The first-order valence-corrected chi connectivity index (χ1v) is 2.89. The van der Waals surface area contributed by atoms with E-state index < -0.39 is 0 Å². The molecular weight excluding hydrogens is 60.3 g/mol. The fourth-order valence-electron chi connectivity index (χ4n) is 0. The lowest BCUT2D eigenvalue weighted by molar-refractivity contribution is 1.08. The molecule has 0 atom stereocenters. The Morgan fingerprint density at radius 1 is 1.50 bits per heavy atom. The summed E-state index contributed by atoms with van der Waals surface area (Å²) in [5.74, 6) is 0. The molecule has 0 aliphatic carbocycles. The Morgan fingerprint density at radius 2 is 1.50 bits per heavy atom. The van der Waals surface area contributed by atoms with Crippen molar-refractivity contribution < 1.29 is 0 Å². The summed E-state index contributed by atoms with van der Waals surface area (Å²) in [5, 5.41) is 0. The molecule has 0 aromatic rings. The first-order chi connectivity index (χ1) is 1.73. The predicted octanol–water partition coefficient (Wildman–Crippen LogP) is 0.716. The van der Waals surface area contributed by atoms with Crippen LogP contribution in [0.15, 0.2) is 0 Å². The van der Waals surface area contributed by atoms with Crippen LogP contribution < -0.4 is 0 Å². The standard InChI is InChI=1S/C3H7.Mg.H/c1-3-2;;/h3H,1-2H3;;. The summed E-state index contributed by atoms with van der Waals surface area (Å²) in [4.78, 5) is 0. The molecular formula is C3H8Mg. The molecule has 0 N–H and O–H groups in total. The molecule has 0 heterocycles. The normalized spacial score (nSPS) is 8.50. The lowest BCUT2D eigenvalue weighted by atomic mass is 10.6. The molecule has 0 nitrogen and oxygen atoms in total. The molecule has 1 heteroatoms. The maximum atomic E-state index is 2.23. The summed E-state index contributed by atoms with van der Waals surface area (Å²) < 4.78 is 0.972. The van der Waals surface area contributed by atoms with E-state index in [1.807, 2.05) is 0 Å². The minimum atomic E-state index is 0.972. The Bertz CT molecular complexity index is 8.00. The van der Waals surface area contributed by atoms with Gasteiger partial charge in [-0.3, -0.25) is 0 Å². The summed E-state index contributed by atoms with van der Waals surface area (Å²) >= 11 is 1.35. The van der Waals surface area contributed by atoms with Crippen LogP contribution in [0, 0.1) is 0 Å². The zero-order chi connectivity index (χ0) is 3.58. The molecule has 0 spiro atoms. The van der Waals surface area contributed by atoms with E-state index in [4.69, 9.17) is 0 Å². The van der Waals surface area contributed by atoms with Gasteiger partial charge in [-0.1, -0.05) is 13.8 Å². The van der Waals surface area contributed by atoms with Gasteiger partial charge in [-0.2, -0.15) is 0 Å². The van der Waals surface area contributed by atoms with Crippen molar-refractivity contribution in [2.75, 3.05) is 0 Å². The van der Waals surface area contributed by atoms with Gasteiger partial charge in [0.25, 0.3) is 0 Å². The van der Waals surface area contributed by atoms with Crippen molar-refractivity contribution >= 4 is 21.7 Å². The highest BCUT2D eigenvalue weighted by Gasteiger charge is 1.71. The SMILES string of the molecule is C[CH](C)[MgH]. The minimum absolute atomic E-state index is 0.972. The van der Waals surface area contributed by atoms with E-state index in [9.17, 15) is 0 Å². The van der Waals surface area contributed by atoms with Crippen LogP contribution in [0.25, 0.3) is 0 Å². The largest absolute Gasteiger partial charge is 0.344 e. The fraction of sp³-hybridized carbons (Fsp3) is 1.00. The Morgan fingerprint density at radius 3 is 1.50 bits per heavy atom. The molecule has 0 radical (unpaired) electrons. The van der Waals surface area contributed by atoms with Crippen LogP contribution in [0.3, 0.4) is 0 Å². The van der Waals surface area contributed by atoms with Crippen molar-refractivity contribution in [3.05, 3.63) is 0 Å². The van der Waals surface area contributed by atoms with Gasteiger partial charge in [-0.05, 0) is 0 Å². The van der Waals surface area contributed by atoms with Crippen LogP contribution in [0.5, 0.6) is 0 Å². The van der Waals surface area contributed by atoms with Gasteiger partial charge in [0.2, 0.25) is 0 Å². The second-order valence-corrected chi connectivity index (χ2v) is 4.04. The highest BCUT2D eigenvalue weighted by molar-refractivity contribution is 6.10. The Kier molecular flexibility index (Phi) is 2.42. The fourth-order valence-corrected chi connectivity index (χ4v) is 0. The first kappa shape index (κ1) is 4.77. The summed E-state index contributed by atoms with van der Waals surface area (Å²) in [6.07, 6.45) is 0. The number of hydrogen-bond acceptors (Lipinski definition) is 0. The van der Waals surface area contributed by atoms with Crippen molar-refractivity contribution in [3.8, 4) is 0 Å². The van der Waals surface area contributed by atoms with E-state index in [0.29, 0.717) is 0 Å². The molecule has 0 aromatic heterocycles. The van der Waals surface area contributed by atoms with Crippen LogP contribution in [0.2, 0.25) is 4.05 Å². The molecule has 4 heavy (non-hydrogen) atoms. The maximum Gasteiger partial charge on any atom is 0.344 e. The van der Waals surface area contributed by atoms with Gasteiger partial charge in [0.15, 0.2) is 0 Å². The molecule has 22 valence electrons. The quantitative estimate of drug-likeness (QED) is 0.367. The van der Waals surface area contributed by atoms with Gasteiger partial charge < -0.3 is 0 Å². The number of rotatable bonds is 0. The van der Waals surface area contributed by atoms with Crippen LogP contribution in [-0.4, -0.2) is 21.7 Å². The van der Waals surface area contributed by atoms with Crippen LogP contribution >= 0.6 is 0 Å². The third kappa shape index (κ3) is 14.7. The second-order valence-electron chi connectivity index (χ2n) is 1.73. The molecule has 0 fully saturated rings. The van der Waals surface area contributed by atoms with Crippen LogP contribution in [0.4, 0.5) is 0 Å². The average Bonchev–Trinajstić information content (AvgIpc) is 0.811. The lowest BCUT2D eigenvalue weighted by Gasteiger charge is -1.79. The van der Waals surface area contributed by atoms with E-state index in [1.54, 1.807) is 0 Å². The third-order valence-corrected chi connectivity index (χ3v) is 0. The highest BCUT2D eigenvalue weighted by Crippen LogP contribution is 1.84. The third-order valence-electron chi connectivity index (χ3n) is 0. The number of hydrogen-bond donors (Lipinski definition) is 0. The molecule has 0 saturated heterocycles. The van der Waals surface area contributed by atoms with Gasteiger partial charge in [0.05, 0.1) is 0 Å². The van der Waals surface area contributed by atoms with Gasteiger partial charge in [-0.15, -0.1) is 4.05 Å². The summed E-state index contributed by atoms with van der Waals surface area (Å²) in [7, 11) is 0. The van der Waals surface area contributed by atoms with E-state index in [0.717, 1.165) is 4.05 Å². The minimum Gasteiger partial charge on any atom is -0.146 e. The topological polar surface area (TPSA) is 0 Å². The lowest BCUT2D eigenvalue weighted by Crippen LogP contribution is -1.67. The Balaban J connectivity index is 2.32. The summed E-state index contributed by atoms with van der Waals surface area (Å²) in [6.45, 7) is 4.46. The van der Waals surface area contributed by atoms with Gasteiger partial charge in [0, 0.05) is 0 Å². The Hall–Kier alpha value is 0.766. The molecule has 0 unspecified atom stereocenters. The highest BCUT2D eigenvalue weighted by atomic mass is 24.4. The van der Waals surface area contributed by atoms with E-state index >= 15 is 0 Å². The zero-order valence-corrected chi connectivity index (χ0v) is 5.58. The second kappa shape index (κ2) is 2.03. The molecule has 0 aromatic carbocycles. The monoisotopic (exact) mass is 68.0 g/mol. The van der Waals surface area contributed by atoms with Crippen molar-refractivity contribution in [3.63, 3.8) is 0 Å². The van der Waals surface area contributed by atoms with E-state index in [1.165, 1.54) is 21.7 Å². The van der Waals surface area contributed by atoms with Gasteiger partial charge in [0.1, 0.15) is 0 Å². The van der Waals surface area contributed by atoms with Crippen molar-refractivity contribution in [1.82, 2.24) is 0 Å². The van der Waals surface area contributed by atoms with Crippen molar-refractivity contribution in [2.24, 2.45) is 0 Å². The van der Waals surface area contributed by atoms with Crippen molar-refractivity contribution in [1.29, 1.82) is 0 Å². The van der Waals surface area contributed by atoms with E-state index in [2.05, 4.69) is 13.8 Å². The van der Waals surface area contributed by atoms with Crippen LogP contribution in [0.1, 0.15) is 13.8 Å². The summed E-state index contributed by atoms with van der Waals surface area (Å²) in [5.41, 5.74) is 0. The summed E-state index contributed by atoms with van der Waals surface area (Å²) in [6, 6.07) is 0. The van der Waals surface area contributed by atoms with Crippen molar-refractivity contribution in [2.45, 2.75) is 17.9 Å². The molecule has 0 saturated carbocycles. The van der Waals surface area contributed by atoms with E-state index in [-0.39, 0.29) is 0 Å². The predicted molar refractivity (Wildman–Crippen MR) is 22.2 cm³/mol. The zero-order valence-electron chi connectivity index (χ0n) is 3.58. The molecule has 0 aliphatic heterocycles. The average molecular weight is 68.4 g/mol. The Labute approximate surface area is 40.0 Å². The van der Waals surface area contributed by atoms with Crippen LogP contribution in [-0.2, 0) is 0 Å². The molecule has 0 rings (SSSR count). The smallest absolute Gasteiger partial charge is 0.146 e. The maximum absolute atomic E-state index is 2.23.